The summed E-state index contributed by atoms with van der Waals surface area (Å²) >= 11 is 0. The number of fused-ring (bicyclic) bond motifs is 1. The van der Waals surface area contributed by atoms with Gasteiger partial charge < -0.3 is 28.8 Å². The molecule has 1 heterocycles. The molecule has 0 saturated carbocycles. The van der Waals surface area contributed by atoms with Crippen molar-refractivity contribution >= 4 is 5.97 Å². The number of carboxylic acid groups (broad SMARTS) is 1. The quantitative estimate of drug-likeness (QED) is 0.189. The lowest BCUT2D eigenvalue weighted by Gasteiger charge is -2.34. The number of hydrogen-bond acceptors (Lipinski definition) is 6. The van der Waals surface area contributed by atoms with Gasteiger partial charge in [-0.3, -0.25) is 0 Å². The maximum atomic E-state index is 11.8. The number of carbonyl (C=O) groups is 1. The monoisotopic (exact) mass is 562 g/mol. The van der Waals surface area contributed by atoms with Gasteiger partial charge in [0.05, 0.1) is 19.8 Å². The molecule has 0 bridgehead atoms. The number of benzene rings is 3. The van der Waals surface area contributed by atoms with Gasteiger partial charge in [0.15, 0.2) is 0 Å². The molecule has 0 amide bonds. The molecule has 3 aromatic rings. The predicted molar refractivity (Wildman–Crippen MR) is 159 cm³/mol. The molecule has 0 radical (unpaired) electrons. The van der Waals surface area contributed by atoms with Crippen LogP contribution in [0.5, 0.6) is 34.5 Å². The third kappa shape index (κ3) is 8.09. The highest BCUT2D eigenvalue weighted by Gasteiger charge is 2.42. The molecule has 0 aromatic heterocycles. The van der Waals surface area contributed by atoms with E-state index in [-0.39, 0.29) is 0 Å². The molecule has 1 atom stereocenters. The number of rotatable bonds is 15. The van der Waals surface area contributed by atoms with Gasteiger partial charge in [-0.1, -0.05) is 40.2 Å². The van der Waals surface area contributed by atoms with E-state index in [0.717, 1.165) is 47.0 Å². The first-order chi connectivity index (χ1) is 19.8. The van der Waals surface area contributed by atoms with Crippen LogP contribution in [0.1, 0.15) is 64.5 Å². The molecular weight excluding hydrogens is 520 g/mol. The average Bonchev–Trinajstić information content (AvgIpc) is 2.97. The predicted octanol–water partition coefficient (Wildman–Crippen LogP) is 7.87. The minimum absolute atomic E-state index is 0.415. The van der Waals surface area contributed by atoms with E-state index in [2.05, 4.69) is 20.8 Å². The summed E-state index contributed by atoms with van der Waals surface area (Å²) in [5.41, 5.74) is 0.949. The first-order valence-electron chi connectivity index (χ1n) is 14.7. The van der Waals surface area contributed by atoms with Crippen LogP contribution in [0.2, 0.25) is 0 Å². The number of aryl methyl sites for hydroxylation is 2. The SMILES string of the molecule is CCCc1cc(Oc2ccc(OCC(C)C)cc2)ccc1OCCCOc1ccc2c(c1)OC(CC)(C(=O)O)CC2. The lowest BCUT2D eigenvalue weighted by molar-refractivity contribution is -0.157. The molecule has 0 aliphatic carbocycles. The average molecular weight is 563 g/mol. The van der Waals surface area contributed by atoms with Crippen LogP contribution in [-0.4, -0.2) is 36.5 Å². The highest BCUT2D eigenvalue weighted by Crippen LogP contribution is 2.37. The first kappa shape index (κ1) is 30.1. The third-order valence-corrected chi connectivity index (χ3v) is 7.11. The van der Waals surface area contributed by atoms with Gasteiger partial charge in [-0.15, -0.1) is 0 Å². The Balaban J connectivity index is 1.27. The van der Waals surface area contributed by atoms with E-state index >= 15 is 0 Å². The van der Waals surface area contributed by atoms with Crippen molar-refractivity contribution in [3.8, 4) is 34.5 Å². The lowest BCUT2D eigenvalue weighted by Crippen LogP contribution is -2.46. The molecule has 3 aromatic carbocycles. The Kier molecular flexibility index (Phi) is 10.4. The normalized spacial score (nSPS) is 16.0. The highest BCUT2D eigenvalue weighted by molar-refractivity contribution is 5.78. The largest absolute Gasteiger partial charge is 0.493 e. The van der Waals surface area contributed by atoms with Crippen LogP contribution < -0.4 is 23.7 Å². The number of carboxylic acids is 1. The molecule has 1 N–H and O–H groups in total. The van der Waals surface area contributed by atoms with Crippen LogP contribution in [0.3, 0.4) is 0 Å². The molecule has 0 saturated heterocycles. The van der Waals surface area contributed by atoms with Gasteiger partial charge >= 0.3 is 5.97 Å². The summed E-state index contributed by atoms with van der Waals surface area (Å²) in [5, 5.41) is 9.67. The second kappa shape index (κ2) is 14.2. The van der Waals surface area contributed by atoms with Gasteiger partial charge in [0.1, 0.15) is 34.5 Å². The Hall–Kier alpha value is -3.87. The zero-order chi connectivity index (χ0) is 29.2. The Morgan fingerprint density at radius 3 is 2.32 bits per heavy atom. The molecule has 220 valence electrons. The van der Waals surface area contributed by atoms with E-state index in [4.69, 9.17) is 23.7 Å². The smallest absolute Gasteiger partial charge is 0.348 e. The van der Waals surface area contributed by atoms with E-state index in [0.29, 0.717) is 62.9 Å². The molecule has 4 rings (SSSR count). The van der Waals surface area contributed by atoms with Gasteiger partial charge in [-0.25, -0.2) is 4.79 Å². The summed E-state index contributed by atoms with van der Waals surface area (Å²) in [6, 6.07) is 19.3. The Morgan fingerprint density at radius 2 is 1.61 bits per heavy atom. The fraction of sp³-hybridized carbons (Fsp3) is 0.441. The van der Waals surface area contributed by atoms with Crippen LogP contribution >= 0.6 is 0 Å². The van der Waals surface area contributed by atoms with E-state index in [1.807, 2.05) is 61.5 Å². The van der Waals surface area contributed by atoms with Gasteiger partial charge in [-0.2, -0.15) is 0 Å². The maximum Gasteiger partial charge on any atom is 0.348 e. The standard InChI is InChI=1S/C34H42O7/c1-5-8-26-21-30(40-28-13-11-27(12-14-28)39-23-24(3)4)15-16-31(26)38-20-7-19-37-29-10-9-25-17-18-34(6-2,33(35)36)41-32(25)22-29/h9-16,21-22,24H,5-8,17-20,23H2,1-4H3,(H,35,36). The Labute approximate surface area is 243 Å². The maximum absolute atomic E-state index is 11.8. The molecule has 0 spiro atoms. The molecule has 41 heavy (non-hydrogen) atoms. The number of hydrogen-bond donors (Lipinski definition) is 1. The van der Waals surface area contributed by atoms with Crippen LogP contribution in [0, 0.1) is 5.92 Å². The van der Waals surface area contributed by atoms with Crippen molar-refractivity contribution < 1.29 is 33.6 Å². The Morgan fingerprint density at radius 1 is 0.902 bits per heavy atom. The second-order valence-electron chi connectivity index (χ2n) is 10.9. The summed E-state index contributed by atoms with van der Waals surface area (Å²) in [6.07, 6.45) is 4.13. The summed E-state index contributed by atoms with van der Waals surface area (Å²) < 4.78 is 29.8. The van der Waals surface area contributed by atoms with Crippen LogP contribution in [-0.2, 0) is 17.6 Å². The molecule has 1 unspecified atom stereocenters. The summed E-state index contributed by atoms with van der Waals surface area (Å²) in [6.45, 7) is 9.90. The molecule has 7 heteroatoms. The van der Waals surface area contributed by atoms with Crippen molar-refractivity contribution in [2.75, 3.05) is 19.8 Å². The van der Waals surface area contributed by atoms with Crippen molar-refractivity contribution in [1.82, 2.24) is 0 Å². The molecule has 1 aliphatic rings. The first-order valence-corrected chi connectivity index (χ1v) is 14.7. The van der Waals surface area contributed by atoms with Gasteiger partial charge in [0.25, 0.3) is 0 Å². The Bertz CT molecular complexity index is 1280. The number of ether oxygens (including phenoxy) is 5. The fourth-order valence-electron chi connectivity index (χ4n) is 4.73. The highest BCUT2D eigenvalue weighted by atomic mass is 16.5. The van der Waals surface area contributed by atoms with E-state index < -0.39 is 11.6 Å². The molecule has 7 nitrogen and oxygen atoms in total. The fourth-order valence-corrected chi connectivity index (χ4v) is 4.73. The summed E-state index contributed by atoms with van der Waals surface area (Å²) in [4.78, 5) is 11.8. The van der Waals surface area contributed by atoms with Gasteiger partial charge in [-0.05, 0) is 84.8 Å². The van der Waals surface area contributed by atoms with Crippen molar-refractivity contribution in [1.29, 1.82) is 0 Å². The van der Waals surface area contributed by atoms with Crippen LogP contribution in [0.4, 0.5) is 0 Å². The van der Waals surface area contributed by atoms with Crippen molar-refractivity contribution in [2.45, 2.75) is 71.8 Å². The van der Waals surface area contributed by atoms with Gasteiger partial charge in [0, 0.05) is 18.9 Å². The minimum Gasteiger partial charge on any atom is -0.493 e. The van der Waals surface area contributed by atoms with Crippen molar-refractivity contribution in [2.24, 2.45) is 5.92 Å². The molecule has 0 fully saturated rings. The van der Waals surface area contributed by atoms with E-state index in [9.17, 15) is 9.90 Å². The number of aliphatic carboxylic acids is 1. The summed E-state index contributed by atoms with van der Waals surface area (Å²) in [7, 11) is 0. The minimum atomic E-state index is -1.16. The van der Waals surface area contributed by atoms with Crippen LogP contribution in [0.15, 0.2) is 60.7 Å². The zero-order valence-corrected chi connectivity index (χ0v) is 24.6. The zero-order valence-electron chi connectivity index (χ0n) is 24.6. The topological polar surface area (TPSA) is 83.5 Å². The summed E-state index contributed by atoms with van der Waals surface area (Å²) in [5.74, 6) is 4.02. The second-order valence-corrected chi connectivity index (χ2v) is 10.9. The van der Waals surface area contributed by atoms with Crippen molar-refractivity contribution in [3.05, 3.63) is 71.8 Å². The molecular formula is C34H42O7. The van der Waals surface area contributed by atoms with Crippen LogP contribution in [0.25, 0.3) is 0 Å². The van der Waals surface area contributed by atoms with E-state index in [1.54, 1.807) is 6.07 Å². The van der Waals surface area contributed by atoms with E-state index in [1.165, 1.54) is 0 Å². The molecule has 1 aliphatic heterocycles. The lowest BCUT2D eigenvalue weighted by atomic mass is 9.89. The van der Waals surface area contributed by atoms with Gasteiger partial charge in [0.2, 0.25) is 5.60 Å². The van der Waals surface area contributed by atoms with Crippen molar-refractivity contribution in [3.63, 3.8) is 0 Å². The third-order valence-electron chi connectivity index (χ3n) is 7.11.